The minimum absolute atomic E-state index is 0.125. The van der Waals surface area contributed by atoms with Crippen molar-refractivity contribution in [2.24, 2.45) is 0 Å². The van der Waals surface area contributed by atoms with E-state index in [1.165, 1.54) is 11.3 Å². The maximum absolute atomic E-state index is 11.3. The maximum atomic E-state index is 11.3. The monoisotopic (exact) mass is 235 g/mol. The summed E-state index contributed by atoms with van der Waals surface area (Å²) in [5, 5.41) is 0. The highest BCUT2D eigenvalue weighted by molar-refractivity contribution is 5.70. The minimum Gasteiger partial charge on any atom is -0.466 e. The molecule has 0 atom stereocenters. The lowest BCUT2D eigenvalue weighted by Gasteiger charge is -2.24. The predicted molar refractivity (Wildman–Crippen MR) is 70.3 cm³/mol. The Labute approximate surface area is 103 Å². The highest BCUT2D eigenvalue weighted by atomic mass is 16.5. The maximum Gasteiger partial charge on any atom is 0.307 e. The first-order chi connectivity index (χ1) is 8.19. The smallest absolute Gasteiger partial charge is 0.307 e. The summed E-state index contributed by atoms with van der Waals surface area (Å²) in [6.45, 7) is 8.07. The Bertz CT molecular complexity index is 363. The Kier molecular flexibility index (Phi) is 5.53. The number of carbonyl (C=O) groups is 1. The normalized spacial score (nSPS) is 10.1. The zero-order chi connectivity index (χ0) is 12.7. The quantitative estimate of drug-likeness (QED) is 0.710. The van der Waals surface area contributed by atoms with Crippen molar-refractivity contribution in [1.82, 2.24) is 0 Å². The van der Waals surface area contributed by atoms with Gasteiger partial charge in [0.05, 0.1) is 13.0 Å². The number of ether oxygens (including phenoxy) is 1. The van der Waals surface area contributed by atoms with Crippen LogP contribution in [0.4, 0.5) is 5.69 Å². The minimum atomic E-state index is -0.125. The topological polar surface area (TPSA) is 29.5 Å². The number of para-hydroxylation sites is 1. The number of benzene rings is 1. The Morgan fingerprint density at radius 1 is 1.29 bits per heavy atom. The van der Waals surface area contributed by atoms with Gasteiger partial charge in [-0.3, -0.25) is 4.79 Å². The van der Waals surface area contributed by atoms with Crippen molar-refractivity contribution in [3.05, 3.63) is 29.8 Å². The first-order valence-electron chi connectivity index (χ1n) is 6.15. The summed E-state index contributed by atoms with van der Waals surface area (Å²) in [6, 6.07) is 8.22. The summed E-state index contributed by atoms with van der Waals surface area (Å²) in [5.74, 6) is -0.125. The molecule has 3 heteroatoms. The molecule has 0 aliphatic heterocycles. The van der Waals surface area contributed by atoms with Crippen LogP contribution in [0.15, 0.2) is 24.3 Å². The molecule has 0 heterocycles. The van der Waals surface area contributed by atoms with E-state index in [0.29, 0.717) is 19.6 Å². The van der Waals surface area contributed by atoms with E-state index in [2.05, 4.69) is 30.9 Å². The highest BCUT2D eigenvalue weighted by Gasteiger charge is 2.09. The van der Waals surface area contributed by atoms with Crippen LogP contribution < -0.4 is 4.90 Å². The molecule has 0 spiro atoms. The van der Waals surface area contributed by atoms with Gasteiger partial charge in [-0.1, -0.05) is 18.2 Å². The van der Waals surface area contributed by atoms with Crippen LogP contribution in [0.1, 0.15) is 25.8 Å². The largest absolute Gasteiger partial charge is 0.466 e. The van der Waals surface area contributed by atoms with Crippen molar-refractivity contribution < 1.29 is 9.53 Å². The number of anilines is 1. The van der Waals surface area contributed by atoms with Crippen LogP contribution in [0.3, 0.4) is 0 Å². The summed E-state index contributed by atoms with van der Waals surface area (Å²) in [6.07, 6.45) is 0.440. The van der Waals surface area contributed by atoms with E-state index in [9.17, 15) is 4.79 Å². The van der Waals surface area contributed by atoms with E-state index in [0.717, 1.165) is 6.54 Å². The molecule has 0 saturated heterocycles. The molecule has 1 aromatic rings. The highest BCUT2D eigenvalue weighted by Crippen LogP contribution is 2.19. The van der Waals surface area contributed by atoms with Gasteiger partial charge in [-0.2, -0.15) is 0 Å². The van der Waals surface area contributed by atoms with Gasteiger partial charge in [0.15, 0.2) is 0 Å². The molecule has 94 valence electrons. The van der Waals surface area contributed by atoms with Gasteiger partial charge >= 0.3 is 5.97 Å². The molecule has 0 unspecified atom stereocenters. The van der Waals surface area contributed by atoms with Gasteiger partial charge in [0.25, 0.3) is 0 Å². The van der Waals surface area contributed by atoms with Gasteiger partial charge in [-0.05, 0) is 32.4 Å². The molecule has 0 saturated carbocycles. The second kappa shape index (κ2) is 6.94. The van der Waals surface area contributed by atoms with Crippen molar-refractivity contribution in [3.63, 3.8) is 0 Å². The molecule has 0 bridgehead atoms. The fourth-order valence-electron chi connectivity index (χ4n) is 1.83. The number of carbonyl (C=O) groups excluding carboxylic acids is 1. The summed E-state index contributed by atoms with van der Waals surface area (Å²) in [5.41, 5.74) is 2.43. The van der Waals surface area contributed by atoms with Crippen LogP contribution in [0, 0.1) is 6.92 Å². The molecule has 0 aliphatic carbocycles. The van der Waals surface area contributed by atoms with Crippen molar-refractivity contribution >= 4 is 11.7 Å². The third-order valence-electron chi connectivity index (χ3n) is 2.73. The van der Waals surface area contributed by atoms with Crippen LogP contribution in [0.5, 0.6) is 0 Å². The van der Waals surface area contributed by atoms with Gasteiger partial charge in [-0.25, -0.2) is 0 Å². The summed E-state index contributed by atoms with van der Waals surface area (Å²) in [4.78, 5) is 13.5. The van der Waals surface area contributed by atoms with Gasteiger partial charge in [0, 0.05) is 18.8 Å². The third-order valence-corrected chi connectivity index (χ3v) is 2.73. The van der Waals surface area contributed by atoms with Crippen LogP contribution in [0.25, 0.3) is 0 Å². The summed E-state index contributed by atoms with van der Waals surface area (Å²) < 4.78 is 4.94. The SMILES string of the molecule is CCOC(=O)CCN(CC)c1ccccc1C. The van der Waals surface area contributed by atoms with Gasteiger partial charge < -0.3 is 9.64 Å². The first-order valence-corrected chi connectivity index (χ1v) is 6.15. The third kappa shape index (κ3) is 4.10. The molecule has 0 fully saturated rings. The van der Waals surface area contributed by atoms with Crippen molar-refractivity contribution in [3.8, 4) is 0 Å². The molecular formula is C14H21NO2. The van der Waals surface area contributed by atoms with E-state index >= 15 is 0 Å². The van der Waals surface area contributed by atoms with E-state index in [1.807, 2.05) is 19.1 Å². The Morgan fingerprint density at radius 3 is 2.59 bits per heavy atom. The molecule has 0 radical (unpaired) electrons. The first kappa shape index (κ1) is 13.6. The zero-order valence-corrected chi connectivity index (χ0v) is 10.9. The second-order valence-electron chi connectivity index (χ2n) is 3.92. The van der Waals surface area contributed by atoms with Crippen LogP contribution in [0.2, 0.25) is 0 Å². The lowest BCUT2D eigenvalue weighted by atomic mass is 10.1. The molecular weight excluding hydrogens is 214 g/mol. The molecule has 3 nitrogen and oxygen atoms in total. The lowest BCUT2D eigenvalue weighted by Crippen LogP contribution is -2.26. The number of hydrogen-bond donors (Lipinski definition) is 0. The van der Waals surface area contributed by atoms with Gasteiger partial charge in [0.1, 0.15) is 0 Å². The molecule has 0 aromatic heterocycles. The molecule has 0 aliphatic rings. The second-order valence-corrected chi connectivity index (χ2v) is 3.92. The van der Waals surface area contributed by atoms with Gasteiger partial charge in [-0.15, -0.1) is 0 Å². The fourth-order valence-corrected chi connectivity index (χ4v) is 1.83. The lowest BCUT2D eigenvalue weighted by molar-refractivity contribution is -0.142. The van der Waals surface area contributed by atoms with E-state index in [4.69, 9.17) is 4.74 Å². The predicted octanol–water partition coefficient (Wildman–Crippen LogP) is 2.77. The fraction of sp³-hybridized carbons (Fsp3) is 0.500. The van der Waals surface area contributed by atoms with E-state index in [-0.39, 0.29) is 5.97 Å². The van der Waals surface area contributed by atoms with E-state index < -0.39 is 0 Å². The Hall–Kier alpha value is -1.51. The van der Waals surface area contributed by atoms with E-state index in [1.54, 1.807) is 0 Å². The Balaban J connectivity index is 2.60. The van der Waals surface area contributed by atoms with Crippen molar-refractivity contribution in [1.29, 1.82) is 0 Å². The summed E-state index contributed by atoms with van der Waals surface area (Å²) >= 11 is 0. The number of nitrogens with zero attached hydrogens (tertiary/aromatic N) is 1. The van der Waals surface area contributed by atoms with Crippen molar-refractivity contribution in [2.45, 2.75) is 27.2 Å². The molecule has 0 N–H and O–H groups in total. The number of aryl methyl sites for hydroxylation is 1. The number of rotatable bonds is 6. The Morgan fingerprint density at radius 2 is 2.00 bits per heavy atom. The average Bonchev–Trinajstić information content (AvgIpc) is 2.32. The van der Waals surface area contributed by atoms with Crippen LogP contribution in [-0.2, 0) is 9.53 Å². The summed E-state index contributed by atoms with van der Waals surface area (Å²) in [7, 11) is 0. The standard InChI is InChI=1S/C14H21NO2/c1-4-15(11-10-14(16)17-5-2)13-9-7-6-8-12(13)3/h6-9H,4-5,10-11H2,1-3H3. The zero-order valence-electron chi connectivity index (χ0n) is 10.9. The average molecular weight is 235 g/mol. The van der Waals surface area contributed by atoms with Crippen molar-refractivity contribution in [2.75, 3.05) is 24.6 Å². The number of hydrogen-bond acceptors (Lipinski definition) is 3. The number of esters is 1. The molecule has 1 rings (SSSR count). The van der Waals surface area contributed by atoms with Crippen LogP contribution >= 0.6 is 0 Å². The van der Waals surface area contributed by atoms with Crippen LogP contribution in [-0.4, -0.2) is 25.7 Å². The molecule has 0 amide bonds. The molecule has 17 heavy (non-hydrogen) atoms. The van der Waals surface area contributed by atoms with Gasteiger partial charge in [0.2, 0.25) is 0 Å². The molecule has 1 aromatic carbocycles.